The number of carboxylic acid groups (broad SMARTS) is 2. The second-order valence-corrected chi connectivity index (χ2v) is 37.0. The van der Waals surface area contributed by atoms with Gasteiger partial charge in [0.1, 0.15) is 84.4 Å². The summed E-state index contributed by atoms with van der Waals surface area (Å²) in [5.41, 5.74) is 13.1. The molecule has 3 aromatic carbocycles. The number of hydrogen-bond donors (Lipinski definition) is 23. The topological polar surface area (TPSA) is 736 Å². The predicted octanol–water partition coefficient (Wildman–Crippen LogP) is -0.721. The molecule has 7 rings (SSSR count). The summed E-state index contributed by atoms with van der Waals surface area (Å²) in [4.78, 5) is 258. The maximum absolute atomic E-state index is 15.6. The lowest BCUT2D eigenvalue weighted by atomic mass is 9.99. The largest absolute Gasteiger partial charge is 0.508 e. The van der Waals surface area contributed by atoms with E-state index in [1.807, 2.05) is 12.1 Å². The van der Waals surface area contributed by atoms with Crippen LogP contribution in [0.4, 0.5) is 0 Å². The summed E-state index contributed by atoms with van der Waals surface area (Å²) in [6.45, 7) is -2.71. The molecule has 0 radical (unpaired) electrons. The number of fused-ring (bicyclic) bond motifs is 2. The van der Waals surface area contributed by atoms with E-state index in [-0.39, 0.29) is 114 Å². The number of ether oxygens (including phenoxy) is 2. The van der Waals surface area contributed by atoms with Crippen LogP contribution in [0.5, 0.6) is 5.75 Å². The van der Waals surface area contributed by atoms with Gasteiger partial charge in [0.05, 0.1) is 58.2 Å². The van der Waals surface area contributed by atoms with Gasteiger partial charge in [-0.1, -0.05) is 164 Å². The minimum absolute atomic E-state index is 0.0346. The van der Waals surface area contributed by atoms with Crippen molar-refractivity contribution in [3.63, 3.8) is 0 Å². The third-order valence-electron chi connectivity index (χ3n) is 25.0. The number of carbonyl (C=O) groups excluding carboxylic acids is 16. The number of nitrogens with one attached hydrogen (secondary N) is 16. The van der Waals surface area contributed by atoms with E-state index >= 15 is 28.8 Å². The van der Waals surface area contributed by atoms with E-state index in [2.05, 4.69) is 94.7 Å². The molecule has 12 atom stereocenters. The number of Topliss-reactive ketones (excluding diaryl/α,β-unsaturated/α-hetero) is 2. The molecule has 2 aliphatic rings. The van der Waals surface area contributed by atoms with Gasteiger partial charge < -0.3 is 125 Å². The average Bonchev–Trinajstić information content (AvgIpc) is 1.68. The van der Waals surface area contributed by atoms with Crippen molar-refractivity contribution in [3.05, 3.63) is 108 Å². The van der Waals surface area contributed by atoms with Gasteiger partial charge in [0, 0.05) is 101 Å². The Morgan fingerprint density at radius 2 is 1.17 bits per heavy atom. The fourth-order valence-corrected chi connectivity index (χ4v) is 17.0. The molecule has 0 bridgehead atoms. The molecule has 2 aromatic heterocycles. The summed E-state index contributed by atoms with van der Waals surface area (Å²) in [6.07, 6.45) is 13.5. The maximum atomic E-state index is 15.6. The minimum atomic E-state index is -2.11. The highest BCUT2D eigenvalue weighted by atomic mass is 16.5. The number of ketones is 2. The van der Waals surface area contributed by atoms with E-state index < -0.39 is 263 Å². The Balaban J connectivity index is 1.03. The number of carboxylic acids is 2. The molecule has 25 N–H and O–H groups in total. The Morgan fingerprint density at radius 1 is 0.571 bits per heavy atom. The number of phenolic OH excluding ortho intramolecular Hbond substituents is 1. The Hall–Kier alpha value is -14.0. The van der Waals surface area contributed by atoms with Gasteiger partial charge in [0.15, 0.2) is 11.7 Å². The zero-order valence-electron chi connectivity index (χ0n) is 83.6. The van der Waals surface area contributed by atoms with Crippen LogP contribution in [0.1, 0.15) is 223 Å². The number of benzene rings is 3. The number of aromatic nitrogens is 5. The van der Waals surface area contributed by atoms with E-state index in [0.717, 1.165) is 65.1 Å². The summed E-state index contributed by atoms with van der Waals surface area (Å²) in [5, 5.41) is 108. The molecule has 0 spiro atoms. The summed E-state index contributed by atoms with van der Waals surface area (Å²) in [6, 6.07) is 2.16. The monoisotopic (exact) mass is 2060 g/mol. The Bertz CT molecular complexity index is 5080. The number of aromatic amines is 2. The lowest BCUT2D eigenvalue weighted by molar-refractivity contribution is -0.144. The molecule has 0 unspecified atom stereocenters. The molecular weight excluding hydrogens is 1910 g/mol. The van der Waals surface area contributed by atoms with E-state index in [1.54, 1.807) is 55.6 Å². The number of para-hydroxylation sites is 1. The Labute approximate surface area is 852 Å². The predicted molar refractivity (Wildman–Crippen MR) is 533 cm³/mol. The quantitative estimate of drug-likeness (QED) is 0.0130. The lowest BCUT2D eigenvalue weighted by Crippen LogP contribution is -2.62. The number of unbranched alkanes of at least 4 members (excludes halogenated alkanes) is 13. The van der Waals surface area contributed by atoms with Crippen LogP contribution in [0, 0.1) is 5.41 Å². The number of aryl methyl sites for hydroxylation is 1. The number of guanidine groups is 1. The molecule has 5 aromatic rings. The SMILES string of the molecule is CCCC[C@H](NC(=O)[C@H](CN(CC(=O)O)CC(=O)O)NC(=O)[C@H](Cc1ccc(O)cc1)NC(=O)[C@H](CCC(N)=O)NC(=O)[C@H](CO)NC(=O)CNC(=O)COCCOCCNC(=O)CCCCCCCCCCCCCCCc1nnn[nH]1)C(=O)N[C@H]1CCC(=O)CCCCC[C@@H](C(C)=O)NC(=O)[C@H](Cc2c[nH]c3ccccc23)NC(=O)[C@H](CCCNC(=N)N)NC(=O)[C@@H](Cc2ccccc2)NC(=O)[C@@H]2C[C@@H](O)CN2C1=O. The van der Waals surface area contributed by atoms with Crippen molar-refractivity contribution < 1.29 is 121 Å². The van der Waals surface area contributed by atoms with Crippen LogP contribution in [0.3, 0.4) is 0 Å². The molecule has 0 aliphatic carbocycles. The average molecular weight is 2060 g/mol. The number of carbonyl (C=O) groups is 18. The first-order chi connectivity index (χ1) is 70.6. The van der Waals surface area contributed by atoms with Gasteiger partial charge >= 0.3 is 11.9 Å². The molecule has 2 aliphatic heterocycles. The molecule has 808 valence electrons. The van der Waals surface area contributed by atoms with Gasteiger partial charge in [-0.25, -0.2) is 5.10 Å². The second-order valence-electron chi connectivity index (χ2n) is 37.0. The van der Waals surface area contributed by atoms with Crippen molar-refractivity contribution in [2.75, 3.05) is 78.8 Å². The smallest absolute Gasteiger partial charge is 0.317 e. The van der Waals surface area contributed by atoms with Crippen LogP contribution in [-0.4, -0.2) is 325 Å². The number of nitrogens with zero attached hydrogens (tertiary/aromatic N) is 5. The summed E-state index contributed by atoms with van der Waals surface area (Å²) in [5.74, 6) is -17.7. The third kappa shape index (κ3) is 46.1. The van der Waals surface area contributed by atoms with E-state index in [4.69, 9.17) is 26.4 Å². The van der Waals surface area contributed by atoms with Gasteiger partial charge in [-0.05, 0) is 110 Å². The fourth-order valence-electron chi connectivity index (χ4n) is 17.0. The van der Waals surface area contributed by atoms with Crippen molar-refractivity contribution in [1.29, 1.82) is 5.41 Å². The number of tetrazole rings is 1. The number of aliphatic hydroxyl groups is 2. The first kappa shape index (κ1) is 120. The van der Waals surface area contributed by atoms with Crippen molar-refractivity contribution >= 4 is 123 Å². The van der Waals surface area contributed by atoms with E-state index in [1.165, 1.54) is 82.6 Å². The van der Waals surface area contributed by atoms with Crippen molar-refractivity contribution in [2.45, 2.75) is 298 Å². The fraction of sp³-hybridized carbons (Fsp3) is 0.596. The Kier molecular flexibility index (Phi) is 54.0. The summed E-state index contributed by atoms with van der Waals surface area (Å²) in [7, 11) is 0. The number of phenols is 1. The molecule has 14 amide bonds. The molecule has 0 saturated carbocycles. The molecular formula is C99H147N23O25. The van der Waals surface area contributed by atoms with E-state index in [0.29, 0.717) is 30.4 Å². The highest BCUT2D eigenvalue weighted by Crippen LogP contribution is 2.25. The van der Waals surface area contributed by atoms with Crippen LogP contribution in [0.15, 0.2) is 85.1 Å². The molecule has 48 heteroatoms. The van der Waals surface area contributed by atoms with Gasteiger partial charge in [0.2, 0.25) is 82.7 Å². The number of amides is 14. The van der Waals surface area contributed by atoms with Gasteiger partial charge in [-0.3, -0.25) is 96.6 Å². The standard InChI is InChI=1S/C99H147N23O25/c1-3-4-31-72(89(136)112-75-42-41-66(125)29-20-17-21-32-70(62(2)124)108-94(141)78(52-65-54-105-71-33-25-24-30-69(65)71)114-90(137)73(34-26-45-104-99(101)102)109-92(139)77(50-63-27-18-16-19-28-63)115-97(144)81-53-68(127)56-122(81)98(75)145)110-95(142)79(57-121(58-87(132)133)59-88(134)135)116-93(140)76(51-64-37-39-67(126)40-38-64)113-91(138)74(43-44-82(100)128)111-96(143)80(60-123)107-85(130)55-106-86(131)61-147-49-48-146-47-46-103-84(129)36-23-15-13-11-9-7-5-6-8-10-12-14-22-35-83-117-119-120-118-83/h16,18-19,24-25,27-28,30,33,37-40,54,68,70,72-81,105,123,126-127H,3-15,17,20-23,26,29,31-32,34-36,41-53,55-61H2,1-2H3,(H2,100,128)(H,103,129)(H,106,131)(H,107,130)(H,108,141)(H,109,139)(H,110,142)(H,111,143)(H,112,136)(H,113,138)(H,114,137)(H,115,144)(H,116,140)(H,132,133)(H,134,135)(H4,101,102,104)(H,117,118,119,120)/t68-,70+,72+,73+,74+,75+,76+,77-,78+,79+,80+,81+/m1/s1. The van der Waals surface area contributed by atoms with Crippen molar-refractivity contribution in [3.8, 4) is 5.75 Å². The van der Waals surface area contributed by atoms with Gasteiger partial charge in [-0.15, -0.1) is 5.10 Å². The minimum Gasteiger partial charge on any atom is -0.508 e. The normalized spacial score (nSPS) is 18.3. The number of aromatic hydroxyl groups is 1. The summed E-state index contributed by atoms with van der Waals surface area (Å²) < 4.78 is 10.9. The number of aliphatic carboxylic acids is 2. The summed E-state index contributed by atoms with van der Waals surface area (Å²) >= 11 is 0. The Morgan fingerprint density at radius 3 is 1.82 bits per heavy atom. The van der Waals surface area contributed by atoms with Crippen molar-refractivity contribution in [1.82, 2.24) is 105 Å². The first-order valence-corrected chi connectivity index (χ1v) is 50.5. The van der Waals surface area contributed by atoms with Crippen LogP contribution in [0.25, 0.3) is 10.9 Å². The molecule has 147 heavy (non-hydrogen) atoms. The second kappa shape index (κ2) is 66.2. The zero-order chi connectivity index (χ0) is 107. The molecule has 48 nitrogen and oxygen atoms in total. The third-order valence-corrected chi connectivity index (χ3v) is 25.0. The molecule has 2 fully saturated rings. The van der Waals surface area contributed by atoms with Crippen LogP contribution >= 0.6 is 0 Å². The number of rotatable bonds is 61. The van der Waals surface area contributed by atoms with Gasteiger partial charge in [0.25, 0.3) is 0 Å². The number of aliphatic hydroxyl groups excluding tert-OH is 2. The molecule has 2 saturated heterocycles. The highest BCUT2D eigenvalue weighted by Gasteiger charge is 2.45. The van der Waals surface area contributed by atoms with Gasteiger partial charge in [-0.2, -0.15) is 0 Å². The number of H-pyrrole nitrogens is 2. The van der Waals surface area contributed by atoms with E-state index in [9.17, 15) is 83.1 Å². The number of hydrogen-bond acceptors (Lipinski definition) is 28. The van der Waals surface area contributed by atoms with Crippen LogP contribution in [-0.2, 0) is 121 Å². The lowest BCUT2D eigenvalue weighted by Gasteiger charge is -2.31. The molecule has 4 heterocycles. The number of nitrogens with two attached hydrogens (primary N) is 2. The number of primary amides is 1. The highest BCUT2D eigenvalue weighted by molar-refractivity contribution is 6.01. The maximum Gasteiger partial charge on any atom is 0.317 e. The zero-order valence-corrected chi connectivity index (χ0v) is 83.6. The van der Waals surface area contributed by atoms with Crippen LogP contribution < -0.4 is 80.6 Å². The van der Waals surface area contributed by atoms with Crippen LogP contribution in [0.2, 0.25) is 0 Å². The first-order valence-electron chi connectivity index (χ1n) is 50.5. The van der Waals surface area contributed by atoms with Crippen molar-refractivity contribution in [2.24, 2.45) is 11.5 Å².